The Morgan fingerprint density at radius 3 is 2.73 bits per heavy atom. The average Bonchev–Trinajstić information content (AvgIpc) is 3.01. The molecule has 0 aliphatic heterocycles. The third-order valence-electron chi connectivity index (χ3n) is 3.36. The Morgan fingerprint density at radius 2 is 2.04 bits per heavy atom. The summed E-state index contributed by atoms with van der Waals surface area (Å²) in [6.45, 7) is 2.12. The fourth-order valence-corrected chi connectivity index (χ4v) is 3.37. The molecule has 0 radical (unpaired) electrons. The highest BCUT2D eigenvalue weighted by atomic mass is 35.5. The fourth-order valence-electron chi connectivity index (χ4n) is 2.15. The number of benzene rings is 2. The molecule has 134 valence electrons. The van der Waals surface area contributed by atoms with Crippen molar-refractivity contribution in [1.29, 1.82) is 0 Å². The van der Waals surface area contributed by atoms with Gasteiger partial charge in [0.25, 0.3) is 0 Å². The lowest BCUT2D eigenvalue weighted by molar-refractivity contribution is 0.305. The number of hydrogen-bond acceptors (Lipinski definition) is 5. The van der Waals surface area contributed by atoms with E-state index in [1.165, 1.54) is 23.5 Å². The van der Waals surface area contributed by atoms with Crippen LogP contribution < -0.4 is 10.2 Å². The number of hydrogen-bond donors (Lipinski definition) is 1. The first-order valence-electron chi connectivity index (χ1n) is 7.59. The highest BCUT2D eigenvalue weighted by Crippen LogP contribution is 2.26. The molecule has 2 aromatic carbocycles. The lowest BCUT2D eigenvalue weighted by atomic mass is 10.1. The van der Waals surface area contributed by atoms with Gasteiger partial charge in [-0.25, -0.2) is 9.37 Å². The number of nitrogens with zero attached hydrogens (tertiary/aromatic N) is 2. The zero-order valence-electron chi connectivity index (χ0n) is 13.7. The minimum absolute atomic E-state index is 0.212. The van der Waals surface area contributed by atoms with E-state index in [0.717, 1.165) is 11.3 Å². The smallest absolute Gasteiger partial charge is 0.203 e. The van der Waals surface area contributed by atoms with Crippen molar-refractivity contribution in [2.45, 2.75) is 13.5 Å². The number of aryl methyl sites for hydroxylation is 1. The van der Waals surface area contributed by atoms with Gasteiger partial charge in [0.15, 0.2) is 0 Å². The van der Waals surface area contributed by atoms with Crippen LogP contribution in [0.3, 0.4) is 0 Å². The zero-order chi connectivity index (χ0) is 18.5. The fraction of sp³-hybridized carbons (Fsp3) is 0.111. The van der Waals surface area contributed by atoms with E-state index in [9.17, 15) is 4.39 Å². The van der Waals surface area contributed by atoms with Gasteiger partial charge in [0, 0.05) is 21.5 Å². The second-order valence-electron chi connectivity index (χ2n) is 5.37. The van der Waals surface area contributed by atoms with Gasteiger partial charge >= 0.3 is 0 Å². The van der Waals surface area contributed by atoms with Crippen molar-refractivity contribution in [3.8, 4) is 5.75 Å². The van der Waals surface area contributed by atoms with Crippen molar-refractivity contribution < 1.29 is 9.13 Å². The van der Waals surface area contributed by atoms with Crippen molar-refractivity contribution in [1.82, 2.24) is 4.98 Å². The number of rotatable bonds is 6. The molecule has 0 saturated heterocycles. The molecule has 0 unspecified atom stereocenters. The minimum Gasteiger partial charge on any atom is -0.489 e. The third-order valence-corrected chi connectivity index (χ3v) is 4.76. The summed E-state index contributed by atoms with van der Waals surface area (Å²) in [6, 6.07) is 9.18. The molecule has 0 amide bonds. The lowest BCUT2D eigenvalue weighted by Crippen LogP contribution is -2.02. The summed E-state index contributed by atoms with van der Waals surface area (Å²) < 4.78 is 18.7. The second-order valence-corrected chi connectivity index (χ2v) is 7.07. The minimum atomic E-state index is -0.320. The highest BCUT2D eigenvalue weighted by Gasteiger charge is 2.09. The molecule has 8 heteroatoms. The van der Waals surface area contributed by atoms with Gasteiger partial charge in [-0.2, -0.15) is 5.10 Å². The van der Waals surface area contributed by atoms with Crippen LogP contribution in [-0.4, -0.2) is 11.2 Å². The van der Waals surface area contributed by atoms with Gasteiger partial charge in [0.2, 0.25) is 5.13 Å². The molecule has 0 saturated carbocycles. The Hall–Kier alpha value is -2.15. The van der Waals surface area contributed by atoms with E-state index in [1.807, 2.05) is 12.3 Å². The van der Waals surface area contributed by atoms with Gasteiger partial charge in [-0.1, -0.05) is 23.2 Å². The van der Waals surface area contributed by atoms with Crippen molar-refractivity contribution in [3.63, 3.8) is 0 Å². The molecule has 0 aliphatic carbocycles. The van der Waals surface area contributed by atoms with Crippen LogP contribution in [0.4, 0.5) is 9.52 Å². The number of aromatic nitrogens is 1. The number of anilines is 1. The lowest BCUT2D eigenvalue weighted by Gasteiger charge is -2.11. The van der Waals surface area contributed by atoms with Crippen molar-refractivity contribution in [2.24, 2.45) is 5.10 Å². The maximum absolute atomic E-state index is 13.0. The average molecular weight is 410 g/mol. The van der Waals surface area contributed by atoms with Crippen LogP contribution in [-0.2, 0) is 6.61 Å². The molecule has 3 aromatic rings. The van der Waals surface area contributed by atoms with E-state index in [-0.39, 0.29) is 12.4 Å². The first kappa shape index (κ1) is 18.6. The largest absolute Gasteiger partial charge is 0.489 e. The molecule has 0 bridgehead atoms. The molecule has 26 heavy (non-hydrogen) atoms. The van der Waals surface area contributed by atoms with Crippen LogP contribution >= 0.6 is 34.5 Å². The molecule has 0 fully saturated rings. The topological polar surface area (TPSA) is 46.5 Å². The normalized spacial score (nSPS) is 11.1. The summed E-state index contributed by atoms with van der Waals surface area (Å²) in [5.74, 6) is 0.223. The second kappa shape index (κ2) is 8.49. The summed E-state index contributed by atoms with van der Waals surface area (Å²) in [5.41, 5.74) is 5.22. The zero-order valence-corrected chi connectivity index (χ0v) is 16.0. The molecular weight excluding hydrogens is 396 g/mol. The van der Waals surface area contributed by atoms with E-state index < -0.39 is 0 Å². The van der Waals surface area contributed by atoms with E-state index in [0.29, 0.717) is 26.5 Å². The highest BCUT2D eigenvalue weighted by molar-refractivity contribution is 7.13. The molecule has 0 spiro atoms. The van der Waals surface area contributed by atoms with E-state index >= 15 is 0 Å². The van der Waals surface area contributed by atoms with Crippen LogP contribution in [0.2, 0.25) is 10.0 Å². The van der Waals surface area contributed by atoms with Gasteiger partial charge in [-0.05, 0) is 43.3 Å². The first-order chi connectivity index (χ1) is 12.5. The van der Waals surface area contributed by atoms with Crippen LogP contribution in [0.1, 0.15) is 16.8 Å². The van der Waals surface area contributed by atoms with Gasteiger partial charge in [-0.15, -0.1) is 11.3 Å². The van der Waals surface area contributed by atoms with E-state index in [2.05, 4.69) is 15.5 Å². The molecule has 0 aliphatic rings. The SMILES string of the molecule is Cc1csc(NN=Cc2c(Cl)cc(Cl)cc2COc2ccc(F)cc2)n1. The van der Waals surface area contributed by atoms with Gasteiger partial charge in [0.05, 0.1) is 16.9 Å². The number of ether oxygens (including phenoxy) is 1. The third kappa shape index (κ3) is 4.94. The van der Waals surface area contributed by atoms with E-state index in [1.54, 1.807) is 30.5 Å². The molecule has 4 nitrogen and oxygen atoms in total. The Morgan fingerprint density at radius 1 is 1.27 bits per heavy atom. The van der Waals surface area contributed by atoms with Gasteiger partial charge in [0.1, 0.15) is 18.2 Å². The molecule has 3 rings (SSSR count). The molecule has 1 heterocycles. The van der Waals surface area contributed by atoms with Gasteiger partial charge in [-0.3, -0.25) is 5.43 Å². The standard InChI is InChI=1S/C18H14Cl2FN3OS/c1-11-10-26-18(23-11)24-22-8-16-12(6-13(19)7-17(16)20)9-25-15-4-2-14(21)3-5-15/h2-8,10H,9H2,1H3,(H,23,24). The van der Waals surface area contributed by atoms with Crippen molar-refractivity contribution in [3.05, 3.63) is 74.5 Å². The van der Waals surface area contributed by atoms with Crippen molar-refractivity contribution in [2.75, 3.05) is 5.43 Å². The Kier molecular flexibility index (Phi) is 6.08. The molecule has 1 aromatic heterocycles. The predicted octanol–water partition coefficient (Wildman–Crippen LogP) is 5.92. The van der Waals surface area contributed by atoms with Crippen LogP contribution in [0.15, 0.2) is 46.9 Å². The Labute approximate surface area is 164 Å². The quantitative estimate of drug-likeness (QED) is 0.405. The number of nitrogens with one attached hydrogen (secondary N) is 1. The van der Waals surface area contributed by atoms with Crippen LogP contribution in [0, 0.1) is 12.7 Å². The molecular formula is C18H14Cl2FN3OS. The van der Waals surface area contributed by atoms with Gasteiger partial charge < -0.3 is 4.74 Å². The maximum Gasteiger partial charge on any atom is 0.203 e. The van der Waals surface area contributed by atoms with Crippen LogP contribution in [0.25, 0.3) is 0 Å². The summed E-state index contributed by atoms with van der Waals surface area (Å²) >= 11 is 13.9. The summed E-state index contributed by atoms with van der Waals surface area (Å²) in [7, 11) is 0. The van der Waals surface area contributed by atoms with E-state index in [4.69, 9.17) is 27.9 Å². The Bertz CT molecular complexity index is 929. The summed E-state index contributed by atoms with van der Waals surface area (Å²) in [6.07, 6.45) is 1.60. The number of thiazole rings is 1. The molecule has 1 N–H and O–H groups in total. The Balaban J connectivity index is 1.76. The van der Waals surface area contributed by atoms with Crippen LogP contribution in [0.5, 0.6) is 5.75 Å². The monoisotopic (exact) mass is 409 g/mol. The number of hydrazone groups is 1. The summed E-state index contributed by atoms with van der Waals surface area (Å²) in [4.78, 5) is 4.27. The number of halogens is 3. The summed E-state index contributed by atoms with van der Waals surface area (Å²) in [5, 5.41) is 7.75. The molecule has 0 atom stereocenters. The maximum atomic E-state index is 13.0. The predicted molar refractivity (Wildman–Crippen MR) is 105 cm³/mol. The first-order valence-corrected chi connectivity index (χ1v) is 9.22. The van der Waals surface area contributed by atoms with Crippen molar-refractivity contribution >= 4 is 45.9 Å².